The van der Waals surface area contributed by atoms with Crippen LogP contribution in [-0.2, 0) is 28.6 Å². The molecule has 0 saturated heterocycles. The van der Waals surface area contributed by atoms with Crippen molar-refractivity contribution in [3.05, 3.63) is 46.2 Å². The Bertz CT molecular complexity index is 939. The lowest BCUT2D eigenvalue weighted by Crippen LogP contribution is -2.43. The third-order valence-electron chi connectivity index (χ3n) is 5.67. The van der Waals surface area contributed by atoms with Gasteiger partial charge in [0.1, 0.15) is 24.0 Å². The van der Waals surface area contributed by atoms with Crippen molar-refractivity contribution in [2.75, 3.05) is 26.9 Å². The third-order valence-corrected chi connectivity index (χ3v) is 5.67. The summed E-state index contributed by atoms with van der Waals surface area (Å²) in [6, 6.07) is 3.52. The minimum Gasteiger partial charge on any atom is -0.468 e. The summed E-state index contributed by atoms with van der Waals surface area (Å²) >= 11 is 0. The molecule has 1 aromatic rings. The fraction of sp³-hybridized carbons (Fsp3) is 0.522. The molecule has 0 spiro atoms. The Labute approximate surface area is 181 Å². The molecule has 0 amide bonds. The van der Waals surface area contributed by atoms with Gasteiger partial charge in [0.25, 0.3) is 0 Å². The first-order valence-corrected chi connectivity index (χ1v) is 10.4. The summed E-state index contributed by atoms with van der Waals surface area (Å²) in [6.07, 6.45) is 0.473. The van der Waals surface area contributed by atoms with E-state index in [1.807, 2.05) is 13.8 Å². The SMILES string of the molecule is CCOCCOC(=O)C1=C(C)NC2=C(C(=O)[C@H](C(=O)OC)[C@@H](C)C2)[C@@H]1c1ccc(C)o1. The normalized spacial score (nSPS) is 23.4. The molecule has 2 aliphatic rings. The van der Waals surface area contributed by atoms with Gasteiger partial charge in [-0.1, -0.05) is 6.92 Å². The Kier molecular flexibility index (Phi) is 7.00. The molecule has 0 aromatic carbocycles. The molecule has 3 atom stereocenters. The topological polar surface area (TPSA) is 104 Å². The smallest absolute Gasteiger partial charge is 0.336 e. The molecule has 1 N–H and O–H groups in total. The summed E-state index contributed by atoms with van der Waals surface area (Å²) in [4.78, 5) is 38.9. The van der Waals surface area contributed by atoms with Gasteiger partial charge in [-0.05, 0) is 45.2 Å². The molecule has 0 bridgehead atoms. The Morgan fingerprint density at radius 3 is 2.58 bits per heavy atom. The standard InChI is InChI=1S/C23H29NO7/c1-6-29-9-10-30-23(27)18-14(4)24-15-11-12(2)17(22(26)28-5)21(25)19(15)20(18)16-8-7-13(3)31-16/h7-8,12,17,20,24H,6,9-11H2,1-5H3/t12-,17+,20+/m0/s1. The summed E-state index contributed by atoms with van der Waals surface area (Å²) in [5.74, 6) is -2.33. The molecule has 1 aromatic heterocycles. The molecule has 1 aliphatic heterocycles. The number of hydrogen-bond acceptors (Lipinski definition) is 8. The monoisotopic (exact) mass is 431 g/mol. The highest BCUT2D eigenvalue weighted by Crippen LogP contribution is 2.45. The average Bonchev–Trinajstić information content (AvgIpc) is 3.15. The van der Waals surface area contributed by atoms with Crippen molar-refractivity contribution in [3.63, 3.8) is 0 Å². The number of rotatable bonds is 7. The predicted molar refractivity (Wildman–Crippen MR) is 111 cm³/mol. The van der Waals surface area contributed by atoms with Crippen LogP contribution in [0.5, 0.6) is 0 Å². The Balaban J connectivity index is 2.03. The maximum Gasteiger partial charge on any atom is 0.336 e. The van der Waals surface area contributed by atoms with Crippen LogP contribution in [0, 0.1) is 18.8 Å². The fourth-order valence-corrected chi connectivity index (χ4v) is 4.26. The molecule has 2 heterocycles. The number of methoxy groups -OCH3 is 1. The first-order chi connectivity index (χ1) is 14.8. The first kappa shape index (κ1) is 22.8. The van der Waals surface area contributed by atoms with Gasteiger partial charge in [0.2, 0.25) is 0 Å². The van der Waals surface area contributed by atoms with E-state index in [1.165, 1.54) is 7.11 Å². The summed E-state index contributed by atoms with van der Waals surface area (Å²) in [5, 5.41) is 3.21. The number of furan rings is 1. The number of ether oxygens (including phenoxy) is 3. The van der Waals surface area contributed by atoms with E-state index < -0.39 is 23.8 Å². The summed E-state index contributed by atoms with van der Waals surface area (Å²) in [7, 11) is 1.27. The van der Waals surface area contributed by atoms with Gasteiger partial charge in [0, 0.05) is 23.6 Å². The predicted octanol–water partition coefficient (Wildman–Crippen LogP) is 2.78. The van der Waals surface area contributed by atoms with Gasteiger partial charge in [-0.15, -0.1) is 0 Å². The van der Waals surface area contributed by atoms with Crippen molar-refractivity contribution < 1.29 is 33.0 Å². The van der Waals surface area contributed by atoms with E-state index in [4.69, 9.17) is 18.6 Å². The van der Waals surface area contributed by atoms with Crippen LogP contribution >= 0.6 is 0 Å². The molecule has 0 radical (unpaired) electrons. The van der Waals surface area contributed by atoms with Gasteiger partial charge in [0.15, 0.2) is 5.78 Å². The molecular formula is C23H29NO7. The second-order valence-corrected chi connectivity index (χ2v) is 7.82. The molecule has 8 nitrogen and oxygen atoms in total. The number of dihydropyridines is 1. The van der Waals surface area contributed by atoms with Gasteiger partial charge < -0.3 is 23.9 Å². The molecule has 3 rings (SSSR count). The molecule has 168 valence electrons. The van der Waals surface area contributed by atoms with Crippen molar-refractivity contribution >= 4 is 17.7 Å². The highest BCUT2D eigenvalue weighted by Gasteiger charge is 2.48. The van der Waals surface area contributed by atoms with Crippen molar-refractivity contribution in [3.8, 4) is 0 Å². The molecular weight excluding hydrogens is 402 g/mol. The highest BCUT2D eigenvalue weighted by atomic mass is 16.6. The number of carbonyl (C=O) groups excluding carboxylic acids is 3. The van der Waals surface area contributed by atoms with Crippen LogP contribution in [0.3, 0.4) is 0 Å². The maximum atomic E-state index is 13.5. The molecule has 31 heavy (non-hydrogen) atoms. The number of nitrogens with one attached hydrogen (secondary N) is 1. The van der Waals surface area contributed by atoms with E-state index in [9.17, 15) is 14.4 Å². The number of allylic oxidation sites excluding steroid dienone is 3. The molecule has 1 aliphatic carbocycles. The van der Waals surface area contributed by atoms with Crippen molar-refractivity contribution in [2.24, 2.45) is 11.8 Å². The zero-order valence-electron chi connectivity index (χ0n) is 18.6. The minimum absolute atomic E-state index is 0.0923. The van der Waals surface area contributed by atoms with E-state index in [2.05, 4.69) is 5.32 Å². The quantitative estimate of drug-likeness (QED) is 0.399. The summed E-state index contributed by atoms with van der Waals surface area (Å²) < 4.78 is 21.4. The van der Waals surface area contributed by atoms with Crippen LogP contribution in [0.2, 0.25) is 0 Å². The molecule has 0 unspecified atom stereocenters. The van der Waals surface area contributed by atoms with Gasteiger partial charge in [-0.25, -0.2) is 4.79 Å². The van der Waals surface area contributed by atoms with Crippen LogP contribution in [0.25, 0.3) is 0 Å². The number of Topliss-reactive ketones (excluding diaryl/α,β-unsaturated/α-hetero) is 1. The van der Waals surface area contributed by atoms with Gasteiger partial charge in [-0.3, -0.25) is 9.59 Å². The second-order valence-electron chi connectivity index (χ2n) is 7.82. The highest BCUT2D eigenvalue weighted by molar-refractivity contribution is 6.12. The summed E-state index contributed by atoms with van der Waals surface area (Å²) in [5.41, 5.74) is 1.93. The lowest BCUT2D eigenvalue weighted by Gasteiger charge is -2.37. The Morgan fingerprint density at radius 1 is 1.23 bits per heavy atom. The van der Waals surface area contributed by atoms with Crippen LogP contribution in [0.15, 0.2) is 39.1 Å². The number of carbonyl (C=O) groups is 3. The number of ketones is 1. The van der Waals surface area contributed by atoms with Gasteiger partial charge in [-0.2, -0.15) is 0 Å². The first-order valence-electron chi connectivity index (χ1n) is 10.4. The zero-order valence-corrected chi connectivity index (χ0v) is 18.6. The molecule has 0 fully saturated rings. The van der Waals surface area contributed by atoms with E-state index >= 15 is 0 Å². The lowest BCUT2D eigenvalue weighted by atomic mass is 9.70. The van der Waals surface area contributed by atoms with E-state index in [0.717, 1.165) is 0 Å². The van der Waals surface area contributed by atoms with Crippen molar-refractivity contribution in [1.82, 2.24) is 5.32 Å². The lowest BCUT2D eigenvalue weighted by molar-refractivity contribution is -0.151. The van der Waals surface area contributed by atoms with E-state index in [0.29, 0.717) is 41.5 Å². The molecule has 8 heteroatoms. The van der Waals surface area contributed by atoms with Crippen LogP contribution in [-0.4, -0.2) is 44.7 Å². The number of esters is 2. The van der Waals surface area contributed by atoms with Gasteiger partial charge >= 0.3 is 11.9 Å². The Hall–Kier alpha value is -2.87. The van der Waals surface area contributed by atoms with Gasteiger partial charge in [0.05, 0.1) is 25.2 Å². The fourth-order valence-electron chi connectivity index (χ4n) is 4.26. The Morgan fingerprint density at radius 2 is 1.97 bits per heavy atom. The van der Waals surface area contributed by atoms with Crippen molar-refractivity contribution in [1.29, 1.82) is 0 Å². The molecule has 0 saturated carbocycles. The van der Waals surface area contributed by atoms with Crippen molar-refractivity contribution in [2.45, 2.75) is 40.0 Å². The van der Waals surface area contributed by atoms with E-state index in [-0.39, 0.29) is 30.5 Å². The maximum absolute atomic E-state index is 13.5. The minimum atomic E-state index is -0.933. The van der Waals surface area contributed by atoms with Crippen LogP contribution in [0.4, 0.5) is 0 Å². The largest absolute Gasteiger partial charge is 0.468 e. The average molecular weight is 431 g/mol. The van der Waals surface area contributed by atoms with E-state index in [1.54, 1.807) is 26.0 Å². The number of hydrogen-bond donors (Lipinski definition) is 1. The second kappa shape index (κ2) is 9.51. The number of aryl methyl sites for hydroxylation is 1. The zero-order chi connectivity index (χ0) is 22.7. The third kappa shape index (κ3) is 4.44. The summed E-state index contributed by atoms with van der Waals surface area (Å²) in [6.45, 7) is 8.15. The van der Waals surface area contributed by atoms with Crippen LogP contribution in [0.1, 0.15) is 44.6 Å². The van der Waals surface area contributed by atoms with Crippen LogP contribution < -0.4 is 5.32 Å².